The Kier molecular flexibility index (Phi) is 5.93. The molecule has 3 rings (SSSR count). The summed E-state index contributed by atoms with van der Waals surface area (Å²) >= 11 is 0. The van der Waals surface area contributed by atoms with Gasteiger partial charge in [0.25, 0.3) is 0 Å². The molecule has 0 bridgehead atoms. The fraction of sp³-hybridized carbons (Fsp3) is 0.300. The molecule has 1 aromatic heterocycles. The van der Waals surface area contributed by atoms with Crippen molar-refractivity contribution in [2.45, 2.75) is 32.9 Å². The van der Waals surface area contributed by atoms with E-state index in [9.17, 15) is 4.79 Å². The van der Waals surface area contributed by atoms with E-state index in [2.05, 4.69) is 20.7 Å². The van der Waals surface area contributed by atoms with Gasteiger partial charge in [-0.3, -0.25) is 4.79 Å². The zero-order chi connectivity index (χ0) is 19.2. The maximum Gasteiger partial charge on any atom is 0.241 e. The Morgan fingerprint density at radius 2 is 1.81 bits per heavy atom. The van der Waals surface area contributed by atoms with Gasteiger partial charge in [0.1, 0.15) is 0 Å². The van der Waals surface area contributed by atoms with Crippen molar-refractivity contribution in [3.8, 4) is 11.4 Å². The minimum absolute atomic E-state index is 0.0974. The number of benzene rings is 2. The highest BCUT2D eigenvalue weighted by atomic mass is 16.2. The van der Waals surface area contributed by atoms with Crippen LogP contribution in [-0.4, -0.2) is 32.2 Å². The standard InChI is InChI=1S/C20H24N6O/c1-14(2)18(21)20(27)22-17-10-8-15(9-11-17)12-13-26-24-19(23-25-26)16-6-4-3-5-7-16/h3-11,14,18H,12-13,21H2,1-2H3,(H,22,27)/t18-/m0/s1. The fourth-order valence-electron chi connectivity index (χ4n) is 2.55. The molecule has 7 heteroatoms. The van der Waals surface area contributed by atoms with Crippen LogP contribution >= 0.6 is 0 Å². The molecule has 0 saturated heterocycles. The number of aryl methyl sites for hydroxylation is 2. The Labute approximate surface area is 158 Å². The number of nitrogens with zero attached hydrogens (tertiary/aromatic N) is 4. The molecule has 0 aliphatic rings. The smallest absolute Gasteiger partial charge is 0.241 e. The molecular weight excluding hydrogens is 340 g/mol. The number of carbonyl (C=O) groups excluding carboxylic acids is 1. The van der Waals surface area contributed by atoms with Gasteiger partial charge in [0, 0.05) is 11.3 Å². The van der Waals surface area contributed by atoms with Crippen LogP contribution in [0.25, 0.3) is 11.4 Å². The van der Waals surface area contributed by atoms with Gasteiger partial charge in [0.2, 0.25) is 11.7 Å². The highest BCUT2D eigenvalue weighted by Crippen LogP contribution is 2.14. The summed E-state index contributed by atoms with van der Waals surface area (Å²) in [7, 11) is 0. The summed E-state index contributed by atoms with van der Waals surface area (Å²) < 4.78 is 0. The number of nitrogens with two attached hydrogens (primary N) is 1. The first-order chi connectivity index (χ1) is 13.0. The summed E-state index contributed by atoms with van der Waals surface area (Å²) in [5.74, 6) is 0.549. The summed E-state index contributed by atoms with van der Waals surface area (Å²) in [4.78, 5) is 13.6. The first kappa shape index (κ1) is 18.7. The van der Waals surface area contributed by atoms with Crippen molar-refractivity contribution >= 4 is 11.6 Å². The molecule has 140 valence electrons. The van der Waals surface area contributed by atoms with Crippen LogP contribution in [0.3, 0.4) is 0 Å². The molecule has 1 amide bonds. The predicted molar refractivity (Wildman–Crippen MR) is 105 cm³/mol. The Hall–Kier alpha value is -3.06. The molecule has 7 nitrogen and oxygen atoms in total. The lowest BCUT2D eigenvalue weighted by molar-refractivity contribution is -0.118. The molecule has 3 N–H and O–H groups in total. The van der Waals surface area contributed by atoms with E-state index in [0.717, 1.165) is 23.2 Å². The minimum atomic E-state index is -0.512. The summed E-state index contributed by atoms with van der Waals surface area (Å²) in [5.41, 5.74) is 8.67. The van der Waals surface area contributed by atoms with Gasteiger partial charge >= 0.3 is 0 Å². The van der Waals surface area contributed by atoms with Crippen molar-refractivity contribution < 1.29 is 4.79 Å². The van der Waals surface area contributed by atoms with Gasteiger partial charge in [-0.05, 0) is 35.2 Å². The second kappa shape index (κ2) is 8.55. The van der Waals surface area contributed by atoms with E-state index in [1.165, 1.54) is 0 Å². The molecule has 0 aliphatic carbocycles. The van der Waals surface area contributed by atoms with Crippen molar-refractivity contribution in [3.05, 3.63) is 60.2 Å². The Morgan fingerprint density at radius 1 is 1.11 bits per heavy atom. The number of aromatic nitrogens is 4. The van der Waals surface area contributed by atoms with Crippen LogP contribution < -0.4 is 11.1 Å². The van der Waals surface area contributed by atoms with E-state index in [0.29, 0.717) is 12.4 Å². The molecule has 0 saturated carbocycles. The molecule has 0 aliphatic heterocycles. The van der Waals surface area contributed by atoms with Gasteiger partial charge in [-0.15, -0.1) is 10.2 Å². The largest absolute Gasteiger partial charge is 0.325 e. The first-order valence-electron chi connectivity index (χ1n) is 9.01. The highest BCUT2D eigenvalue weighted by Gasteiger charge is 2.17. The number of carbonyl (C=O) groups is 1. The fourth-order valence-corrected chi connectivity index (χ4v) is 2.55. The molecule has 3 aromatic rings. The quantitative estimate of drug-likeness (QED) is 0.671. The topological polar surface area (TPSA) is 98.7 Å². The van der Waals surface area contributed by atoms with Gasteiger partial charge < -0.3 is 11.1 Å². The number of anilines is 1. The van der Waals surface area contributed by atoms with Crippen molar-refractivity contribution in [1.29, 1.82) is 0 Å². The second-order valence-electron chi connectivity index (χ2n) is 6.78. The monoisotopic (exact) mass is 364 g/mol. The van der Waals surface area contributed by atoms with E-state index in [4.69, 9.17) is 5.73 Å². The molecule has 0 unspecified atom stereocenters. The summed E-state index contributed by atoms with van der Waals surface area (Å²) in [6, 6.07) is 17.0. The predicted octanol–water partition coefficient (Wildman–Crippen LogP) is 2.50. The lowest BCUT2D eigenvalue weighted by Gasteiger charge is -2.15. The molecule has 1 atom stereocenters. The molecule has 0 radical (unpaired) electrons. The third kappa shape index (κ3) is 4.98. The van der Waals surface area contributed by atoms with Crippen LogP contribution in [0.15, 0.2) is 54.6 Å². The normalized spacial score (nSPS) is 12.1. The molecule has 1 heterocycles. The van der Waals surface area contributed by atoms with Crippen molar-refractivity contribution in [2.75, 3.05) is 5.32 Å². The average Bonchev–Trinajstić information content (AvgIpc) is 3.16. The lowest BCUT2D eigenvalue weighted by Crippen LogP contribution is -2.39. The summed E-state index contributed by atoms with van der Waals surface area (Å²) in [6.45, 7) is 4.48. The zero-order valence-electron chi connectivity index (χ0n) is 15.5. The number of tetrazole rings is 1. The molecular formula is C20H24N6O. The molecule has 2 aromatic carbocycles. The Balaban J connectivity index is 1.55. The summed E-state index contributed by atoms with van der Waals surface area (Å²) in [6.07, 6.45) is 0.768. The van der Waals surface area contributed by atoms with Crippen molar-refractivity contribution in [3.63, 3.8) is 0 Å². The number of hydrogen-bond acceptors (Lipinski definition) is 5. The van der Waals surface area contributed by atoms with E-state index in [1.807, 2.05) is 68.4 Å². The van der Waals surface area contributed by atoms with Crippen LogP contribution in [0.2, 0.25) is 0 Å². The maximum atomic E-state index is 12.0. The second-order valence-corrected chi connectivity index (χ2v) is 6.78. The van der Waals surface area contributed by atoms with Crippen LogP contribution in [-0.2, 0) is 17.8 Å². The zero-order valence-corrected chi connectivity index (χ0v) is 15.5. The molecule has 27 heavy (non-hydrogen) atoms. The van der Waals surface area contributed by atoms with E-state index < -0.39 is 6.04 Å². The van der Waals surface area contributed by atoms with E-state index in [-0.39, 0.29) is 11.8 Å². The van der Waals surface area contributed by atoms with Gasteiger partial charge in [-0.25, -0.2) is 0 Å². The van der Waals surface area contributed by atoms with Crippen LogP contribution in [0.1, 0.15) is 19.4 Å². The van der Waals surface area contributed by atoms with Gasteiger partial charge in [-0.1, -0.05) is 56.3 Å². The maximum absolute atomic E-state index is 12.0. The van der Waals surface area contributed by atoms with Gasteiger partial charge in [0.05, 0.1) is 12.6 Å². The van der Waals surface area contributed by atoms with Gasteiger partial charge in [-0.2, -0.15) is 4.80 Å². The van der Waals surface area contributed by atoms with Crippen molar-refractivity contribution in [2.24, 2.45) is 11.7 Å². The first-order valence-corrected chi connectivity index (χ1v) is 9.01. The van der Waals surface area contributed by atoms with Crippen molar-refractivity contribution in [1.82, 2.24) is 20.2 Å². The number of hydrogen-bond donors (Lipinski definition) is 2. The summed E-state index contributed by atoms with van der Waals surface area (Å²) in [5, 5.41) is 15.5. The SMILES string of the molecule is CC(C)[C@H](N)C(=O)Nc1ccc(CCn2nnc(-c3ccccc3)n2)cc1. The van der Waals surface area contributed by atoms with Crippen LogP contribution in [0.5, 0.6) is 0 Å². The van der Waals surface area contributed by atoms with E-state index in [1.54, 1.807) is 4.80 Å². The van der Waals surface area contributed by atoms with Crippen LogP contribution in [0, 0.1) is 5.92 Å². The average molecular weight is 364 g/mol. The highest BCUT2D eigenvalue weighted by molar-refractivity contribution is 5.94. The Bertz CT molecular complexity index is 873. The lowest BCUT2D eigenvalue weighted by atomic mass is 10.0. The number of amides is 1. The minimum Gasteiger partial charge on any atom is -0.325 e. The number of nitrogens with one attached hydrogen (secondary N) is 1. The van der Waals surface area contributed by atoms with E-state index >= 15 is 0 Å². The molecule has 0 fully saturated rings. The Morgan fingerprint density at radius 3 is 2.48 bits per heavy atom. The van der Waals surface area contributed by atoms with Gasteiger partial charge in [0.15, 0.2) is 0 Å². The third-order valence-electron chi connectivity index (χ3n) is 4.33. The molecule has 0 spiro atoms. The number of rotatable bonds is 7. The third-order valence-corrected chi connectivity index (χ3v) is 4.33. The van der Waals surface area contributed by atoms with Crippen LogP contribution in [0.4, 0.5) is 5.69 Å².